The lowest BCUT2D eigenvalue weighted by Crippen LogP contribution is -1.98. The summed E-state index contributed by atoms with van der Waals surface area (Å²) in [5.41, 5.74) is 2.57. The molecule has 2 heterocycles. The highest BCUT2D eigenvalue weighted by Gasteiger charge is 2.14. The van der Waals surface area contributed by atoms with Crippen LogP contribution in [0.2, 0.25) is 5.02 Å². The summed E-state index contributed by atoms with van der Waals surface area (Å²) in [6, 6.07) is 11.3. The van der Waals surface area contributed by atoms with Crippen molar-refractivity contribution in [1.82, 2.24) is 9.97 Å². The van der Waals surface area contributed by atoms with Crippen LogP contribution in [0.5, 0.6) is 11.8 Å². The molecule has 0 saturated heterocycles. The van der Waals surface area contributed by atoms with Gasteiger partial charge in [0.25, 0.3) is 0 Å². The smallest absolute Gasteiger partial charge is 0.223 e. The Balaban J connectivity index is 2.27. The van der Waals surface area contributed by atoms with Gasteiger partial charge in [0.2, 0.25) is 11.8 Å². The summed E-state index contributed by atoms with van der Waals surface area (Å²) in [5.74, 6) is 1.11. The number of ether oxygens (including phenoxy) is 2. The quantitative estimate of drug-likeness (QED) is 0.718. The van der Waals surface area contributed by atoms with Gasteiger partial charge in [-0.2, -0.15) is 0 Å². The monoisotopic (exact) mass is 314 g/mol. The van der Waals surface area contributed by atoms with Crippen LogP contribution in [-0.2, 0) is 0 Å². The molecule has 0 amide bonds. The second kappa shape index (κ2) is 6.20. The molecule has 2 aromatic heterocycles. The number of pyridine rings is 2. The summed E-state index contributed by atoms with van der Waals surface area (Å²) >= 11 is 5.97. The van der Waals surface area contributed by atoms with Crippen molar-refractivity contribution in [1.29, 1.82) is 0 Å². The van der Waals surface area contributed by atoms with E-state index in [4.69, 9.17) is 21.1 Å². The van der Waals surface area contributed by atoms with Crippen molar-refractivity contribution in [2.45, 2.75) is 6.92 Å². The van der Waals surface area contributed by atoms with Gasteiger partial charge in [0.15, 0.2) is 0 Å². The van der Waals surface area contributed by atoms with E-state index in [0.29, 0.717) is 23.4 Å². The first kappa shape index (κ1) is 14.6. The van der Waals surface area contributed by atoms with Crippen LogP contribution < -0.4 is 9.47 Å². The third-order valence-corrected chi connectivity index (χ3v) is 3.54. The lowest BCUT2D eigenvalue weighted by Gasteiger charge is -2.12. The summed E-state index contributed by atoms with van der Waals surface area (Å²) in [4.78, 5) is 8.96. The minimum Gasteiger partial charge on any atom is -0.480 e. The molecule has 0 saturated carbocycles. The second-order valence-corrected chi connectivity index (χ2v) is 5.11. The number of methoxy groups -OCH3 is 1. The van der Waals surface area contributed by atoms with Gasteiger partial charge in [0.05, 0.1) is 24.8 Å². The van der Waals surface area contributed by atoms with Crippen LogP contribution in [-0.4, -0.2) is 23.7 Å². The highest BCUT2D eigenvalue weighted by molar-refractivity contribution is 6.30. The van der Waals surface area contributed by atoms with E-state index >= 15 is 0 Å². The molecule has 0 N–H and O–H groups in total. The van der Waals surface area contributed by atoms with Gasteiger partial charge in [0, 0.05) is 22.7 Å². The second-order valence-electron chi connectivity index (χ2n) is 4.67. The summed E-state index contributed by atoms with van der Waals surface area (Å²) in [7, 11) is 1.60. The van der Waals surface area contributed by atoms with Crippen LogP contribution >= 0.6 is 11.6 Å². The fraction of sp³-hybridized carbons (Fsp3) is 0.176. The van der Waals surface area contributed by atoms with Crippen LogP contribution in [0.3, 0.4) is 0 Å². The zero-order chi connectivity index (χ0) is 15.5. The molecule has 0 fully saturated rings. The summed E-state index contributed by atoms with van der Waals surface area (Å²) in [5, 5.41) is 1.60. The maximum atomic E-state index is 5.97. The van der Waals surface area contributed by atoms with Crippen molar-refractivity contribution in [2.24, 2.45) is 0 Å². The topological polar surface area (TPSA) is 44.2 Å². The molecule has 0 spiro atoms. The molecule has 112 valence electrons. The number of fused-ring (bicyclic) bond motifs is 1. The van der Waals surface area contributed by atoms with Crippen molar-refractivity contribution in [3.05, 3.63) is 47.6 Å². The van der Waals surface area contributed by atoms with E-state index in [1.807, 2.05) is 43.3 Å². The van der Waals surface area contributed by atoms with E-state index in [1.165, 1.54) is 0 Å². The normalized spacial score (nSPS) is 10.7. The molecule has 1 aromatic carbocycles. The Kier molecular flexibility index (Phi) is 4.11. The van der Waals surface area contributed by atoms with E-state index in [-0.39, 0.29) is 0 Å². The van der Waals surface area contributed by atoms with Crippen molar-refractivity contribution in [3.63, 3.8) is 0 Å². The molecule has 0 aliphatic heterocycles. The predicted molar refractivity (Wildman–Crippen MR) is 87.7 cm³/mol. The predicted octanol–water partition coefficient (Wildman–Crippen LogP) is 4.36. The molecule has 0 radical (unpaired) electrons. The Morgan fingerprint density at radius 3 is 2.55 bits per heavy atom. The molecular formula is C17H15ClN2O2. The number of benzene rings is 1. The fourth-order valence-electron chi connectivity index (χ4n) is 2.31. The van der Waals surface area contributed by atoms with Gasteiger partial charge in [0.1, 0.15) is 0 Å². The summed E-state index contributed by atoms with van der Waals surface area (Å²) < 4.78 is 10.9. The first-order valence-corrected chi connectivity index (χ1v) is 7.33. The van der Waals surface area contributed by atoms with Gasteiger partial charge < -0.3 is 9.47 Å². The third-order valence-electron chi connectivity index (χ3n) is 3.29. The Labute approximate surface area is 133 Å². The molecule has 22 heavy (non-hydrogen) atoms. The number of hydrogen-bond acceptors (Lipinski definition) is 4. The standard InChI is InChI=1S/C17H15ClN2O2/c1-3-22-14-9-6-12-10-19-17(21-2)15(16(12)20-14)11-4-7-13(18)8-5-11/h4-10H,3H2,1-2H3. The highest BCUT2D eigenvalue weighted by Crippen LogP contribution is 2.35. The van der Waals surface area contributed by atoms with E-state index < -0.39 is 0 Å². The van der Waals surface area contributed by atoms with Gasteiger partial charge in [-0.3, -0.25) is 0 Å². The largest absolute Gasteiger partial charge is 0.480 e. The molecule has 0 atom stereocenters. The van der Waals surface area contributed by atoms with Crippen molar-refractivity contribution >= 4 is 22.5 Å². The summed E-state index contributed by atoms with van der Waals surface area (Å²) in [6.45, 7) is 2.50. The zero-order valence-electron chi connectivity index (χ0n) is 12.3. The fourth-order valence-corrected chi connectivity index (χ4v) is 2.44. The molecule has 5 heteroatoms. The Morgan fingerprint density at radius 1 is 1.09 bits per heavy atom. The average Bonchev–Trinajstić information content (AvgIpc) is 2.55. The molecule has 0 aliphatic carbocycles. The number of nitrogens with zero attached hydrogens (tertiary/aromatic N) is 2. The molecular weight excluding hydrogens is 300 g/mol. The molecule has 3 aromatic rings. The van der Waals surface area contributed by atoms with Crippen LogP contribution in [0.4, 0.5) is 0 Å². The Bertz CT molecular complexity index is 804. The van der Waals surface area contributed by atoms with Gasteiger partial charge in [-0.15, -0.1) is 0 Å². The number of hydrogen-bond donors (Lipinski definition) is 0. The lowest BCUT2D eigenvalue weighted by atomic mass is 10.0. The van der Waals surface area contributed by atoms with Gasteiger partial charge in [-0.25, -0.2) is 9.97 Å². The van der Waals surface area contributed by atoms with Crippen molar-refractivity contribution < 1.29 is 9.47 Å². The van der Waals surface area contributed by atoms with Crippen LogP contribution in [0.15, 0.2) is 42.6 Å². The van der Waals surface area contributed by atoms with E-state index in [1.54, 1.807) is 13.3 Å². The Morgan fingerprint density at radius 2 is 1.86 bits per heavy atom. The van der Waals surface area contributed by atoms with E-state index in [2.05, 4.69) is 9.97 Å². The lowest BCUT2D eigenvalue weighted by molar-refractivity contribution is 0.328. The maximum absolute atomic E-state index is 5.97. The zero-order valence-corrected chi connectivity index (χ0v) is 13.1. The maximum Gasteiger partial charge on any atom is 0.223 e. The molecule has 0 unspecified atom stereocenters. The van der Waals surface area contributed by atoms with Crippen LogP contribution in [0, 0.1) is 0 Å². The van der Waals surface area contributed by atoms with Crippen molar-refractivity contribution in [2.75, 3.05) is 13.7 Å². The number of rotatable bonds is 4. The van der Waals surface area contributed by atoms with Gasteiger partial charge in [-0.1, -0.05) is 23.7 Å². The molecule has 4 nitrogen and oxygen atoms in total. The minimum atomic E-state index is 0.524. The summed E-state index contributed by atoms with van der Waals surface area (Å²) in [6.07, 6.45) is 1.75. The van der Waals surface area contributed by atoms with Crippen LogP contribution in [0.1, 0.15) is 6.92 Å². The molecule has 0 bridgehead atoms. The van der Waals surface area contributed by atoms with E-state index in [0.717, 1.165) is 22.0 Å². The highest BCUT2D eigenvalue weighted by atomic mass is 35.5. The SMILES string of the molecule is CCOc1ccc2cnc(OC)c(-c3ccc(Cl)cc3)c2n1. The minimum absolute atomic E-state index is 0.524. The number of halogens is 1. The van der Waals surface area contributed by atoms with E-state index in [9.17, 15) is 0 Å². The van der Waals surface area contributed by atoms with Gasteiger partial charge in [-0.05, 0) is 30.7 Å². The van der Waals surface area contributed by atoms with Crippen molar-refractivity contribution in [3.8, 4) is 22.9 Å². The first-order chi connectivity index (χ1) is 10.7. The number of aromatic nitrogens is 2. The van der Waals surface area contributed by atoms with Gasteiger partial charge >= 0.3 is 0 Å². The first-order valence-electron chi connectivity index (χ1n) is 6.95. The average molecular weight is 315 g/mol. The third kappa shape index (κ3) is 2.70. The molecule has 0 aliphatic rings. The van der Waals surface area contributed by atoms with Crippen LogP contribution in [0.25, 0.3) is 22.0 Å². The Hall–Kier alpha value is -2.33. The molecule has 3 rings (SSSR count).